The quantitative estimate of drug-likeness (QED) is 0.479. The lowest BCUT2D eigenvalue weighted by atomic mass is 9.62. The van der Waals surface area contributed by atoms with Crippen LogP contribution in [0.2, 0.25) is 0 Å². The van der Waals surface area contributed by atoms with E-state index in [4.69, 9.17) is 0 Å². The largest absolute Gasteiger partial charge is 0.0883 e. The summed E-state index contributed by atoms with van der Waals surface area (Å²) < 4.78 is 0. The smallest absolute Gasteiger partial charge is 0.0231 e. The van der Waals surface area contributed by atoms with Gasteiger partial charge in [-0.2, -0.15) is 0 Å². The molecule has 20 heavy (non-hydrogen) atoms. The topological polar surface area (TPSA) is 0 Å². The van der Waals surface area contributed by atoms with Crippen LogP contribution in [-0.2, 0) is 0 Å². The van der Waals surface area contributed by atoms with Crippen LogP contribution in [-0.4, -0.2) is 0 Å². The minimum Gasteiger partial charge on any atom is -0.0883 e. The summed E-state index contributed by atoms with van der Waals surface area (Å²) in [7, 11) is 0. The molecule has 4 unspecified atom stereocenters. The molecule has 0 nitrogen and oxygen atoms in total. The number of allylic oxidation sites excluding steroid dienone is 2. The van der Waals surface area contributed by atoms with Gasteiger partial charge in [0.25, 0.3) is 0 Å². The second-order valence-electron chi connectivity index (χ2n) is 7.46. The number of hydrogen-bond acceptors (Lipinski definition) is 0. The van der Waals surface area contributed by atoms with Gasteiger partial charge in [0.15, 0.2) is 0 Å². The molecule has 0 bridgehead atoms. The van der Waals surface area contributed by atoms with E-state index >= 15 is 0 Å². The first-order valence-corrected chi connectivity index (χ1v) is 9.45. The number of hydrogen-bond donors (Lipinski definition) is 0. The van der Waals surface area contributed by atoms with Crippen molar-refractivity contribution < 1.29 is 0 Å². The molecule has 2 saturated carbocycles. The fraction of sp³-hybridized carbons (Fsp3) is 0.900. The maximum absolute atomic E-state index is 2.55. The standard InChI is InChI=1S/C20H36/c1-4-7-8-9-16-10-11-20-15-19(17(5-2)6-3)13-12-18(20)14-16/h8-9,16-20H,4-7,10-15H2,1-3H3/b9-8+. The fourth-order valence-electron chi connectivity index (χ4n) is 4.98. The zero-order valence-electron chi connectivity index (χ0n) is 14.1. The van der Waals surface area contributed by atoms with Crippen LogP contribution in [0.4, 0.5) is 0 Å². The van der Waals surface area contributed by atoms with Crippen LogP contribution in [0.15, 0.2) is 12.2 Å². The third-order valence-electron chi connectivity index (χ3n) is 6.27. The van der Waals surface area contributed by atoms with E-state index < -0.39 is 0 Å². The number of fused-ring (bicyclic) bond motifs is 1. The lowest BCUT2D eigenvalue weighted by molar-refractivity contribution is 0.0827. The fourth-order valence-corrected chi connectivity index (χ4v) is 4.98. The Labute approximate surface area is 127 Å². The van der Waals surface area contributed by atoms with Gasteiger partial charge in [0.1, 0.15) is 0 Å². The van der Waals surface area contributed by atoms with Gasteiger partial charge in [-0.15, -0.1) is 0 Å². The number of rotatable bonds is 6. The molecular weight excluding hydrogens is 240 g/mol. The van der Waals surface area contributed by atoms with E-state index in [1.165, 1.54) is 57.8 Å². The number of unbranched alkanes of at least 4 members (excludes halogenated alkanes) is 1. The Balaban J connectivity index is 1.83. The summed E-state index contributed by atoms with van der Waals surface area (Å²) in [5.41, 5.74) is 0. The van der Waals surface area contributed by atoms with Crippen LogP contribution in [0.3, 0.4) is 0 Å². The van der Waals surface area contributed by atoms with Crippen molar-refractivity contribution in [3.8, 4) is 0 Å². The van der Waals surface area contributed by atoms with Crippen molar-refractivity contribution in [2.75, 3.05) is 0 Å². The summed E-state index contributed by atoms with van der Waals surface area (Å²) in [6, 6.07) is 0. The van der Waals surface area contributed by atoms with E-state index in [0.717, 1.165) is 29.6 Å². The summed E-state index contributed by atoms with van der Waals surface area (Å²) in [4.78, 5) is 0. The zero-order valence-corrected chi connectivity index (χ0v) is 14.1. The van der Waals surface area contributed by atoms with Gasteiger partial charge in [0, 0.05) is 0 Å². The molecule has 4 atom stereocenters. The summed E-state index contributed by atoms with van der Waals surface area (Å²) >= 11 is 0. The Morgan fingerprint density at radius 2 is 1.60 bits per heavy atom. The van der Waals surface area contributed by atoms with Crippen molar-refractivity contribution in [3.05, 3.63) is 12.2 Å². The maximum atomic E-state index is 2.55. The van der Waals surface area contributed by atoms with E-state index in [9.17, 15) is 0 Å². The molecule has 0 amide bonds. The molecule has 0 aromatic carbocycles. The predicted octanol–water partition coefficient (Wildman–Crippen LogP) is 6.61. The molecule has 0 saturated heterocycles. The first kappa shape index (κ1) is 16.1. The van der Waals surface area contributed by atoms with Gasteiger partial charge in [-0.1, -0.05) is 52.2 Å². The maximum Gasteiger partial charge on any atom is -0.0231 e. The second-order valence-corrected chi connectivity index (χ2v) is 7.46. The van der Waals surface area contributed by atoms with Crippen LogP contribution in [0.25, 0.3) is 0 Å². The SMILES string of the molecule is CCC/C=C/C1CCC2CC(C(CC)CC)CCC2C1. The Morgan fingerprint density at radius 3 is 2.30 bits per heavy atom. The second kappa shape index (κ2) is 8.25. The van der Waals surface area contributed by atoms with Gasteiger partial charge in [0.05, 0.1) is 0 Å². The molecule has 0 radical (unpaired) electrons. The van der Waals surface area contributed by atoms with Crippen molar-refractivity contribution in [2.24, 2.45) is 29.6 Å². The van der Waals surface area contributed by atoms with Crippen LogP contribution < -0.4 is 0 Å². The molecule has 0 heteroatoms. The van der Waals surface area contributed by atoms with Crippen molar-refractivity contribution >= 4 is 0 Å². The lowest BCUT2D eigenvalue weighted by Crippen LogP contribution is -2.33. The van der Waals surface area contributed by atoms with E-state index in [2.05, 4.69) is 32.9 Å². The molecule has 0 aliphatic heterocycles. The molecule has 2 fully saturated rings. The predicted molar refractivity (Wildman–Crippen MR) is 89.8 cm³/mol. The minimum absolute atomic E-state index is 0.910. The van der Waals surface area contributed by atoms with Gasteiger partial charge in [-0.05, 0) is 74.5 Å². The Hall–Kier alpha value is -0.260. The molecule has 2 aliphatic carbocycles. The van der Waals surface area contributed by atoms with Gasteiger partial charge in [-0.25, -0.2) is 0 Å². The normalized spacial score (nSPS) is 34.6. The van der Waals surface area contributed by atoms with Crippen LogP contribution in [0, 0.1) is 29.6 Å². The average molecular weight is 277 g/mol. The molecular formula is C20H36. The van der Waals surface area contributed by atoms with Gasteiger partial charge in [-0.3, -0.25) is 0 Å². The lowest BCUT2D eigenvalue weighted by Gasteiger charge is -2.43. The highest BCUT2D eigenvalue weighted by atomic mass is 14.4. The average Bonchev–Trinajstić information content (AvgIpc) is 2.49. The first-order valence-electron chi connectivity index (χ1n) is 9.45. The minimum atomic E-state index is 0.910. The van der Waals surface area contributed by atoms with Crippen molar-refractivity contribution in [3.63, 3.8) is 0 Å². The van der Waals surface area contributed by atoms with Crippen molar-refractivity contribution in [1.29, 1.82) is 0 Å². The summed E-state index contributed by atoms with van der Waals surface area (Å²) in [5, 5.41) is 0. The van der Waals surface area contributed by atoms with E-state index in [1.807, 2.05) is 0 Å². The van der Waals surface area contributed by atoms with Gasteiger partial charge < -0.3 is 0 Å². The van der Waals surface area contributed by atoms with Crippen molar-refractivity contribution in [2.45, 2.75) is 85.0 Å². The van der Waals surface area contributed by atoms with E-state index in [1.54, 1.807) is 6.42 Å². The summed E-state index contributed by atoms with van der Waals surface area (Å²) in [6.07, 6.45) is 19.5. The molecule has 2 rings (SSSR count). The molecule has 0 aromatic heterocycles. The first-order chi connectivity index (χ1) is 9.78. The zero-order chi connectivity index (χ0) is 14.4. The summed E-state index contributed by atoms with van der Waals surface area (Å²) in [5.74, 6) is 5.11. The Kier molecular flexibility index (Phi) is 6.65. The van der Waals surface area contributed by atoms with Crippen molar-refractivity contribution in [1.82, 2.24) is 0 Å². The Morgan fingerprint density at radius 1 is 0.900 bits per heavy atom. The van der Waals surface area contributed by atoms with Gasteiger partial charge >= 0.3 is 0 Å². The van der Waals surface area contributed by atoms with Crippen LogP contribution in [0.1, 0.15) is 85.0 Å². The van der Waals surface area contributed by atoms with E-state index in [-0.39, 0.29) is 0 Å². The van der Waals surface area contributed by atoms with Crippen LogP contribution in [0.5, 0.6) is 0 Å². The third kappa shape index (κ3) is 4.12. The molecule has 0 spiro atoms. The van der Waals surface area contributed by atoms with Gasteiger partial charge in [0.2, 0.25) is 0 Å². The molecule has 2 aliphatic rings. The van der Waals surface area contributed by atoms with Crippen LogP contribution >= 0.6 is 0 Å². The molecule has 116 valence electrons. The Bertz CT molecular complexity index is 286. The monoisotopic (exact) mass is 276 g/mol. The highest BCUT2D eigenvalue weighted by Gasteiger charge is 2.36. The highest BCUT2D eigenvalue weighted by Crippen LogP contribution is 2.47. The molecule has 0 N–H and O–H groups in total. The van der Waals surface area contributed by atoms with E-state index in [0.29, 0.717) is 0 Å². The third-order valence-corrected chi connectivity index (χ3v) is 6.27. The molecule has 0 aromatic rings. The highest BCUT2D eigenvalue weighted by molar-refractivity contribution is 4.95. The summed E-state index contributed by atoms with van der Waals surface area (Å²) in [6.45, 7) is 7.08. The molecule has 0 heterocycles.